The minimum absolute atomic E-state index is 0.404. The molecule has 1 N–H and O–H groups in total. The molecule has 3 nitrogen and oxygen atoms in total. The first-order chi connectivity index (χ1) is 8.78. The number of thiazole rings is 1. The van der Waals surface area contributed by atoms with Crippen molar-refractivity contribution in [2.24, 2.45) is 0 Å². The second-order valence-electron chi connectivity index (χ2n) is 4.51. The van der Waals surface area contributed by atoms with Gasteiger partial charge in [-0.1, -0.05) is 11.6 Å². The molecule has 0 aliphatic heterocycles. The Balaban J connectivity index is 1.75. The molecule has 0 atom stereocenters. The van der Waals surface area contributed by atoms with Gasteiger partial charge in [0, 0.05) is 12.6 Å². The van der Waals surface area contributed by atoms with Gasteiger partial charge in [0.05, 0.1) is 27.0 Å². The summed E-state index contributed by atoms with van der Waals surface area (Å²) in [6.45, 7) is 2.83. The molecule has 1 aliphatic carbocycles. The standard InChI is InChI=1S/C13H15ClN2OS/c1-2-17-9-5-8(6-9)16-12-10(14)3-4-11-13(12)15-7-18-11/h3-4,7-9,16H,2,5-6H2,1H3. The SMILES string of the molecule is CCOC1CC(Nc2c(Cl)ccc3scnc23)C1. The molecular weight excluding hydrogens is 268 g/mol. The number of aromatic nitrogens is 1. The van der Waals surface area contributed by atoms with Gasteiger partial charge in [0.15, 0.2) is 0 Å². The number of anilines is 1. The van der Waals surface area contributed by atoms with Gasteiger partial charge < -0.3 is 10.1 Å². The van der Waals surface area contributed by atoms with E-state index in [2.05, 4.69) is 10.3 Å². The highest BCUT2D eigenvalue weighted by atomic mass is 35.5. The maximum absolute atomic E-state index is 6.25. The zero-order valence-corrected chi connectivity index (χ0v) is 11.7. The van der Waals surface area contributed by atoms with Gasteiger partial charge in [-0.15, -0.1) is 11.3 Å². The number of hydrogen-bond acceptors (Lipinski definition) is 4. The number of nitrogens with zero attached hydrogens (tertiary/aromatic N) is 1. The molecule has 0 amide bonds. The summed E-state index contributed by atoms with van der Waals surface area (Å²) in [5.41, 5.74) is 3.80. The quantitative estimate of drug-likeness (QED) is 0.923. The fourth-order valence-corrected chi connectivity index (χ4v) is 3.19. The molecule has 1 aromatic heterocycles. The minimum Gasteiger partial charge on any atom is -0.379 e. The zero-order valence-electron chi connectivity index (χ0n) is 10.1. The number of benzene rings is 1. The summed E-state index contributed by atoms with van der Waals surface area (Å²) in [7, 11) is 0. The molecule has 5 heteroatoms. The Hall–Kier alpha value is -0.840. The molecule has 2 aromatic rings. The lowest BCUT2D eigenvalue weighted by Crippen LogP contribution is -2.40. The van der Waals surface area contributed by atoms with Crippen LogP contribution in [0.15, 0.2) is 17.6 Å². The number of halogens is 1. The Morgan fingerprint density at radius 1 is 1.50 bits per heavy atom. The van der Waals surface area contributed by atoms with Crippen molar-refractivity contribution in [1.29, 1.82) is 0 Å². The Morgan fingerprint density at radius 3 is 3.11 bits per heavy atom. The van der Waals surface area contributed by atoms with Crippen LogP contribution in [0.1, 0.15) is 19.8 Å². The van der Waals surface area contributed by atoms with E-state index >= 15 is 0 Å². The monoisotopic (exact) mass is 282 g/mol. The third-order valence-corrected chi connectivity index (χ3v) is 4.41. The Morgan fingerprint density at radius 2 is 2.33 bits per heavy atom. The van der Waals surface area contributed by atoms with Gasteiger partial charge in [-0.3, -0.25) is 0 Å². The fourth-order valence-electron chi connectivity index (χ4n) is 2.30. The first kappa shape index (κ1) is 12.2. The van der Waals surface area contributed by atoms with Crippen LogP contribution < -0.4 is 5.32 Å². The number of ether oxygens (including phenoxy) is 1. The molecule has 18 heavy (non-hydrogen) atoms. The van der Waals surface area contributed by atoms with E-state index in [0.717, 1.165) is 35.7 Å². The molecule has 1 aromatic carbocycles. The Bertz CT molecular complexity index is 551. The van der Waals surface area contributed by atoms with E-state index in [1.54, 1.807) is 11.3 Å². The van der Waals surface area contributed by atoms with Crippen molar-refractivity contribution in [2.75, 3.05) is 11.9 Å². The van der Waals surface area contributed by atoms with Crippen molar-refractivity contribution < 1.29 is 4.74 Å². The summed E-state index contributed by atoms with van der Waals surface area (Å²) < 4.78 is 6.73. The topological polar surface area (TPSA) is 34.1 Å². The van der Waals surface area contributed by atoms with Gasteiger partial charge in [0.25, 0.3) is 0 Å². The maximum Gasteiger partial charge on any atom is 0.106 e. The molecule has 0 bridgehead atoms. The van der Waals surface area contributed by atoms with Gasteiger partial charge in [-0.05, 0) is 31.9 Å². The van der Waals surface area contributed by atoms with Gasteiger partial charge in [-0.2, -0.15) is 0 Å². The lowest BCUT2D eigenvalue weighted by molar-refractivity contribution is 0.00301. The molecule has 1 heterocycles. The molecule has 1 saturated carbocycles. The Labute approximate surface area is 115 Å². The largest absolute Gasteiger partial charge is 0.379 e. The van der Waals surface area contributed by atoms with Crippen LogP contribution in [0.4, 0.5) is 5.69 Å². The third-order valence-electron chi connectivity index (χ3n) is 3.30. The van der Waals surface area contributed by atoms with Crippen LogP contribution in [-0.4, -0.2) is 23.7 Å². The van der Waals surface area contributed by atoms with E-state index in [1.165, 1.54) is 4.70 Å². The molecule has 96 valence electrons. The number of nitrogens with one attached hydrogen (secondary N) is 1. The number of rotatable bonds is 4. The third kappa shape index (κ3) is 2.20. The summed E-state index contributed by atoms with van der Waals surface area (Å²) in [6.07, 6.45) is 2.50. The smallest absolute Gasteiger partial charge is 0.106 e. The van der Waals surface area contributed by atoms with Crippen LogP contribution in [0.5, 0.6) is 0 Å². The van der Waals surface area contributed by atoms with E-state index in [4.69, 9.17) is 16.3 Å². The van der Waals surface area contributed by atoms with Crippen LogP contribution in [0, 0.1) is 0 Å². The first-order valence-corrected chi connectivity index (χ1v) is 7.43. The summed E-state index contributed by atoms with van der Waals surface area (Å²) in [5.74, 6) is 0. The van der Waals surface area contributed by atoms with E-state index in [0.29, 0.717) is 12.1 Å². The second kappa shape index (κ2) is 5.03. The molecule has 0 saturated heterocycles. The van der Waals surface area contributed by atoms with E-state index in [9.17, 15) is 0 Å². The molecule has 3 rings (SSSR count). The van der Waals surface area contributed by atoms with Crippen LogP contribution in [-0.2, 0) is 4.74 Å². The average molecular weight is 283 g/mol. The summed E-state index contributed by atoms with van der Waals surface area (Å²) in [4.78, 5) is 4.39. The lowest BCUT2D eigenvalue weighted by Gasteiger charge is -2.36. The van der Waals surface area contributed by atoms with Gasteiger partial charge in [0.1, 0.15) is 5.52 Å². The van der Waals surface area contributed by atoms with E-state index < -0.39 is 0 Å². The van der Waals surface area contributed by atoms with Crippen LogP contribution >= 0.6 is 22.9 Å². The predicted molar refractivity (Wildman–Crippen MR) is 76.7 cm³/mol. The highest BCUT2D eigenvalue weighted by molar-refractivity contribution is 7.16. The van der Waals surface area contributed by atoms with Crippen LogP contribution in [0.3, 0.4) is 0 Å². The van der Waals surface area contributed by atoms with Crippen molar-refractivity contribution in [3.8, 4) is 0 Å². The number of hydrogen-bond donors (Lipinski definition) is 1. The second-order valence-corrected chi connectivity index (χ2v) is 5.81. The normalized spacial score (nSPS) is 23.0. The Kier molecular flexibility index (Phi) is 3.41. The van der Waals surface area contributed by atoms with Crippen molar-refractivity contribution >= 4 is 38.8 Å². The first-order valence-electron chi connectivity index (χ1n) is 6.17. The molecule has 1 aliphatic rings. The number of fused-ring (bicyclic) bond motifs is 1. The van der Waals surface area contributed by atoms with E-state index in [1.807, 2.05) is 24.6 Å². The highest BCUT2D eigenvalue weighted by Gasteiger charge is 2.30. The van der Waals surface area contributed by atoms with Crippen molar-refractivity contribution in [1.82, 2.24) is 4.98 Å². The van der Waals surface area contributed by atoms with Crippen LogP contribution in [0.25, 0.3) is 10.2 Å². The summed E-state index contributed by atoms with van der Waals surface area (Å²) in [5, 5.41) is 4.24. The summed E-state index contributed by atoms with van der Waals surface area (Å²) >= 11 is 7.89. The fraction of sp³-hybridized carbons (Fsp3) is 0.462. The van der Waals surface area contributed by atoms with E-state index in [-0.39, 0.29) is 0 Å². The maximum atomic E-state index is 6.25. The van der Waals surface area contributed by atoms with Gasteiger partial charge >= 0.3 is 0 Å². The van der Waals surface area contributed by atoms with Crippen molar-refractivity contribution in [3.05, 3.63) is 22.7 Å². The van der Waals surface area contributed by atoms with Gasteiger partial charge in [0.2, 0.25) is 0 Å². The molecule has 1 fully saturated rings. The lowest BCUT2D eigenvalue weighted by atomic mass is 9.89. The van der Waals surface area contributed by atoms with Crippen LogP contribution in [0.2, 0.25) is 5.02 Å². The van der Waals surface area contributed by atoms with Crippen molar-refractivity contribution in [3.63, 3.8) is 0 Å². The predicted octanol–water partition coefficient (Wildman–Crippen LogP) is 3.93. The van der Waals surface area contributed by atoms with Gasteiger partial charge in [-0.25, -0.2) is 4.98 Å². The zero-order chi connectivity index (χ0) is 12.5. The molecule has 0 unspecified atom stereocenters. The van der Waals surface area contributed by atoms with Crippen molar-refractivity contribution in [2.45, 2.75) is 31.9 Å². The molecular formula is C13H15ClN2OS. The highest BCUT2D eigenvalue weighted by Crippen LogP contribution is 2.35. The molecule has 0 radical (unpaired) electrons. The average Bonchev–Trinajstić information content (AvgIpc) is 2.77. The molecule has 0 spiro atoms. The minimum atomic E-state index is 0.404. The summed E-state index contributed by atoms with van der Waals surface area (Å²) in [6, 6.07) is 4.40.